The molecule has 0 aromatic carbocycles. The molecule has 2 N–H and O–H groups in total. The third-order valence-corrected chi connectivity index (χ3v) is 1.95. The maximum atomic E-state index is 11.9. The second-order valence-electron chi connectivity index (χ2n) is 2.59. The first-order valence-electron chi connectivity index (χ1n) is 3.25. The molecule has 0 spiro atoms. The van der Waals surface area contributed by atoms with Crippen molar-refractivity contribution in [2.24, 2.45) is 11.7 Å². The molecule has 2 atom stereocenters. The Morgan fingerprint density at radius 3 is 2.22 bits per heavy atom. The third-order valence-electron chi connectivity index (χ3n) is 1.95. The summed E-state index contributed by atoms with van der Waals surface area (Å²) < 4.78 is 23.8. The van der Waals surface area contributed by atoms with Crippen molar-refractivity contribution in [3.63, 3.8) is 0 Å². The Hall–Kier alpha value is -0.180. The average Bonchev–Trinajstić information content (AvgIpc) is 2.13. The molecule has 3 heteroatoms. The molecule has 0 aliphatic heterocycles. The van der Waals surface area contributed by atoms with E-state index in [0.717, 1.165) is 12.8 Å². The van der Waals surface area contributed by atoms with Gasteiger partial charge in [0.2, 0.25) is 6.43 Å². The lowest BCUT2D eigenvalue weighted by atomic mass is 10.1. The highest BCUT2D eigenvalue weighted by Gasteiger charge is 2.31. The second kappa shape index (κ2) is 2.60. The van der Waals surface area contributed by atoms with E-state index < -0.39 is 12.3 Å². The van der Waals surface area contributed by atoms with Gasteiger partial charge < -0.3 is 5.73 Å². The Balaban J connectivity index is 2.40. The number of halogens is 2. The summed E-state index contributed by atoms with van der Waals surface area (Å²) in [6.07, 6.45) is 0.0480. The molecule has 0 bridgehead atoms. The van der Waals surface area contributed by atoms with Crippen LogP contribution < -0.4 is 5.73 Å². The fourth-order valence-corrected chi connectivity index (χ4v) is 1.33. The van der Waals surface area contributed by atoms with Crippen LogP contribution in [-0.4, -0.2) is 12.5 Å². The standard InChI is InChI=1S/C6H11F2N/c7-6(8)4-2-1-3-5(4)9/h4-6H,1-3,9H2. The maximum absolute atomic E-state index is 11.9. The first-order chi connectivity index (χ1) is 4.22. The van der Waals surface area contributed by atoms with Gasteiger partial charge in [-0.1, -0.05) is 6.42 Å². The first kappa shape index (κ1) is 6.93. The highest BCUT2D eigenvalue weighted by Crippen LogP contribution is 2.28. The average molecular weight is 135 g/mol. The molecule has 2 unspecified atom stereocenters. The van der Waals surface area contributed by atoms with E-state index in [-0.39, 0.29) is 6.04 Å². The van der Waals surface area contributed by atoms with Gasteiger partial charge in [0.15, 0.2) is 0 Å². The molecule has 0 aromatic heterocycles. The van der Waals surface area contributed by atoms with Gasteiger partial charge in [-0.2, -0.15) is 0 Å². The third kappa shape index (κ3) is 1.39. The van der Waals surface area contributed by atoms with E-state index in [1.54, 1.807) is 0 Å². The first-order valence-corrected chi connectivity index (χ1v) is 3.25. The molecule has 0 aromatic rings. The largest absolute Gasteiger partial charge is 0.327 e. The Morgan fingerprint density at radius 2 is 2.00 bits per heavy atom. The molecule has 9 heavy (non-hydrogen) atoms. The summed E-state index contributed by atoms with van der Waals surface area (Å²) in [5.41, 5.74) is 5.40. The van der Waals surface area contributed by atoms with Gasteiger partial charge in [0.25, 0.3) is 0 Å². The number of hydrogen-bond donors (Lipinski definition) is 1. The van der Waals surface area contributed by atoms with Crippen LogP contribution in [-0.2, 0) is 0 Å². The summed E-state index contributed by atoms with van der Waals surface area (Å²) in [6.45, 7) is 0. The molecule has 0 saturated heterocycles. The van der Waals surface area contributed by atoms with Crippen molar-refractivity contribution in [3.05, 3.63) is 0 Å². The predicted molar refractivity (Wildman–Crippen MR) is 31.3 cm³/mol. The van der Waals surface area contributed by atoms with Crippen molar-refractivity contribution >= 4 is 0 Å². The molecule has 1 rings (SSSR count). The van der Waals surface area contributed by atoms with E-state index in [1.165, 1.54) is 0 Å². The van der Waals surface area contributed by atoms with Crippen LogP contribution in [0.3, 0.4) is 0 Å². The topological polar surface area (TPSA) is 26.0 Å². The van der Waals surface area contributed by atoms with E-state index in [4.69, 9.17) is 5.73 Å². The van der Waals surface area contributed by atoms with Gasteiger partial charge in [0.1, 0.15) is 0 Å². The van der Waals surface area contributed by atoms with Crippen LogP contribution in [0.5, 0.6) is 0 Å². The van der Waals surface area contributed by atoms with E-state index in [1.807, 2.05) is 0 Å². The van der Waals surface area contributed by atoms with Crippen molar-refractivity contribution in [3.8, 4) is 0 Å². The Kier molecular flexibility index (Phi) is 2.01. The van der Waals surface area contributed by atoms with E-state index in [2.05, 4.69) is 0 Å². The lowest BCUT2D eigenvalue weighted by Crippen LogP contribution is -2.29. The van der Waals surface area contributed by atoms with Crippen LogP contribution in [0.25, 0.3) is 0 Å². The van der Waals surface area contributed by atoms with Crippen LogP contribution in [0.1, 0.15) is 19.3 Å². The van der Waals surface area contributed by atoms with Gasteiger partial charge in [-0.05, 0) is 12.8 Å². The van der Waals surface area contributed by atoms with E-state index in [0.29, 0.717) is 6.42 Å². The maximum Gasteiger partial charge on any atom is 0.242 e. The number of alkyl halides is 2. The monoisotopic (exact) mass is 135 g/mol. The highest BCUT2D eigenvalue weighted by molar-refractivity contribution is 4.81. The molecule has 0 amide bonds. The van der Waals surface area contributed by atoms with Crippen molar-refractivity contribution in [2.45, 2.75) is 31.7 Å². The molecule has 1 saturated carbocycles. The summed E-state index contributed by atoms with van der Waals surface area (Å²) in [5, 5.41) is 0. The fourth-order valence-electron chi connectivity index (χ4n) is 1.33. The predicted octanol–water partition coefficient (Wildman–Crippen LogP) is 1.38. The van der Waals surface area contributed by atoms with E-state index in [9.17, 15) is 8.78 Å². The summed E-state index contributed by atoms with van der Waals surface area (Å²) in [7, 11) is 0. The van der Waals surface area contributed by atoms with Crippen LogP contribution in [0.2, 0.25) is 0 Å². The molecule has 0 radical (unpaired) electrons. The molecule has 0 heterocycles. The Morgan fingerprint density at radius 1 is 1.33 bits per heavy atom. The van der Waals surface area contributed by atoms with Crippen molar-refractivity contribution in [1.29, 1.82) is 0 Å². The Bertz CT molecular complexity index is 95.1. The van der Waals surface area contributed by atoms with Crippen molar-refractivity contribution < 1.29 is 8.78 Å². The quantitative estimate of drug-likeness (QED) is 0.577. The summed E-state index contributed by atoms with van der Waals surface area (Å²) >= 11 is 0. The smallest absolute Gasteiger partial charge is 0.242 e. The number of rotatable bonds is 1. The van der Waals surface area contributed by atoms with Crippen LogP contribution >= 0.6 is 0 Å². The molecular weight excluding hydrogens is 124 g/mol. The normalized spacial score (nSPS) is 36.0. The summed E-state index contributed by atoms with van der Waals surface area (Å²) in [6, 6.07) is -0.245. The van der Waals surface area contributed by atoms with Crippen LogP contribution in [0.15, 0.2) is 0 Å². The zero-order valence-electron chi connectivity index (χ0n) is 5.19. The zero-order valence-corrected chi connectivity index (χ0v) is 5.19. The van der Waals surface area contributed by atoms with Gasteiger partial charge >= 0.3 is 0 Å². The van der Waals surface area contributed by atoms with Crippen LogP contribution in [0, 0.1) is 5.92 Å². The SMILES string of the molecule is NC1CCCC1C(F)F. The lowest BCUT2D eigenvalue weighted by Gasteiger charge is -2.12. The molecule has 1 nitrogen and oxygen atoms in total. The second-order valence-corrected chi connectivity index (χ2v) is 2.59. The van der Waals surface area contributed by atoms with Gasteiger partial charge in [0, 0.05) is 12.0 Å². The number of nitrogens with two attached hydrogens (primary N) is 1. The summed E-state index contributed by atoms with van der Waals surface area (Å²) in [5.74, 6) is -0.523. The lowest BCUT2D eigenvalue weighted by molar-refractivity contribution is 0.0728. The minimum atomic E-state index is -2.21. The molecule has 1 fully saturated rings. The molecule has 1 aliphatic rings. The molecule has 1 aliphatic carbocycles. The van der Waals surface area contributed by atoms with E-state index >= 15 is 0 Å². The van der Waals surface area contributed by atoms with Gasteiger partial charge in [-0.25, -0.2) is 8.78 Å². The van der Waals surface area contributed by atoms with Crippen molar-refractivity contribution in [2.75, 3.05) is 0 Å². The molecular formula is C6H11F2N. The highest BCUT2D eigenvalue weighted by atomic mass is 19.3. The Labute approximate surface area is 53.2 Å². The summed E-state index contributed by atoms with van der Waals surface area (Å²) in [4.78, 5) is 0. The van der Waals surface area contributed by atoms with Gasteiger partial charge in [0.05, 0.1) is 0 Å². The van der Waals surface area contributed by atoms with Gasteiger partial charge in [-0.3, -0.25) is 0 Å². The molecule has 54 valence electrons. The fraction of sp³-hybridized carbons (Fsp3) is 1.00. The minimum absolute atomic E-state index is 0.245. The van der Waals surface area contributed by atoms with Gasteiger partial charge in [-0.15, -0.1) is 0 Å². The minimum Gasteiger partial charge on any atom is -0.327 e. The van der Waals surface area contributed by atoms with Crippen LogP contribution in [0.4, 0.5) is 8.78 Å². The zero-order chi connectivity index (χ0) is 6.85. The van der Waals surface area contributed by atoms with Crippen molar-refractivity contribution in [1.82, 2.24) is 0 Å². The number of hydrogen-bond acceptors (Lipinski definition) is 1.